The maximum atomic E-state index is 10.7. The normalized spacial score (nSPS) is 10.3. The summed E-state index contributed by atoms with van der Waals surface area (Å²) < 4.78 is 23.4. The molecule has 80 valence electrons. The number of hydrogen-bond acceptors (Lipinski definition) is 4. The van der Waals surface area contributed by atoms with E-state index in [0.717, 1.165) is 0 Å². The monoisotopic (exact) mass is 227 g/mol. The maximum absolute atomic E-state index is 10.7. The molecule has 4 N–H and O–H groups in total. The zero-order chi connectivity index (χ0) is 11.3. The predicted molar refractivity (Wildman–Crippen MR) is 54.9 cm³/mol. The fourth-order valence-electron chi connectivity index (χ4n) is 0.851. The fourth-order valence-corrected chi connectivity index (χ4v) is 1.25. The molecule has 0 atom stereocenters. The third-order valence-electron chi connectivity index (χ3n) is 1.32. The lowest BCUT2D eigenvalue weighted by Crippen LogP contribution is -2.22. The highest BCUT2D eigenvalue weighted by molar-refractivity contribution is 7.90. The second-order valence-electron chi connectivity index (χ2n) is 2.54. The van der Waals surface area contributed by atoms with Crippen molar-refractivity contribution in [2.24, 2.45) is 5.14 Å². The van der Waals surface area contributed by atoms with E-state index < -0.39 is 10.2 Å². The van der Waals surface area contributed by atoms with Gasteiger partial charge in [0.2, 0.25) is 0 Å². The predicted octanol–water partition coefficient (Wildman–Crippen LogP) is -0.959. The van der Waals surface area contributed by atoms with Crippen LogP contribution in [-0.4, -0.2) is 25.1 Å². The van der Waals surface area contributed by atoms with Crippen LogP contribution in [0.25, 0.3) is 0 Å². The average Bonchev–Trinajstić information content (AvgIpc) is 2.12. The molecule has 0 fully saturated rings. The molecule has 0 amide bonds. The number of nitrogens with two attached hydrogens (primary N) is 1. The lowest BCUT2D eigenvalue weighted by Gasteiger charge is -2.01. The van der Waals surface area contributed by atoms with Crippen molar-refractivity contribution in [2.75, 3.05) is 11.3 Å². The first-order chi connectivity index (χ1) is 7.01. The molecular weight excluding hydrogens is 218 g/mol. The Morgan fingerprint density at radius 1 is 1.60 bits per heavy atom. The summed E-state index contributed by atoms with van der Waals surface area (Å²) in [5.41, 5.74) is 0.533. The molecule has 0 aliphatic carbocycles. The number of nitrogens with zero attached hydrogens (tertiary/aromatic N) is 1. The molecule has 15 heavy (non-hydrogen) atoms. The van der Waals surface area contributed by atoms with Gasteiger partial charge in [0.1, 0.15) is 12.4 Å². The highest BCUT2D eigenvalue weighted by Crippen LogP contribution is 2.05. The van der Waals surface area contributed by atoms with Gasteiger partial charge >= 0.3 is 0 Å². The van der Waals surface area contributed by atoms with Crippen molar-refractivity contribution < 1.29 is 13.5 Å². The highest BCUT2D eigenvalue weighted by atomic mass is 32.2. The molecule has 1 aromatic heterocycles. The van der Waals surface area contributed by atoms with E-state index >= 15 is 0 Å². The Morgan fingerprint density at radius 2 is 2.33 bits per heavy atom. The van der Waals surface area contributed by atoms with Crippen molar-refractivity contribution in [1.82, 2.24) is 4.98 Å². The summed E-state index contributed by atoms with van der Waals surface area (Å²) in [6.07, 6.45) is 1.38. The maximum Gasteiger partial charge on any atom is 0.297 e. The molecule has 0 radical (unpaired) electrons. The van der Waals surface area contributed by atoms with Crippen LogP contribution in [0.2, 0.25) is 0 Å². The second kappa shape index (κ2) is 4.75. The molecule has 0 unspecified atom stereocenters. The number of aliphatic hydroxyl groups excluding tert-OH is 1. The zero-order valence-electron chi connectivity index (χ0n) is 7.64. The number of anilines is 1. The highest BCUT2D eigenvalue weighted by Gasteiger charge is 2.02. The van der Waals surface area contributed by atoms with E-state index in [2.05, 4.69) is 16.8 Å². The molecule has 0 saturated heterocycles. The lowest BCUT2D eigenvalue weighted by molar-refractivity contribution is 0.350. The Bertz CT molecular complexity index is 501. The summed E-state index contributed by atoms with van der Waals surface area (Å²) in [6, 6.07) is 2.99. The van der Waals surface area contributed by atoms with Gasteiger partial charge in [-0.25, -0.2) is 10.1 Å². The Balaban J connectivity index is 2.93. The van der Waals surface area contributed by atoms with Crippen molar-refractivity contribution in [3.63, 3.8) is 0 Å². The number of pyridine rings is 1. The summed E-state index contributed by atoms with van der Waals surface area (Å²) >= 11 is 0. The van der Waals surface area contributed by atoms with Crippen LogP contribution in [-0.2, 0) is 10.2 Å². The number of rotatable bonds is 2. The molecule has 6 nitrogen and oxygen atoms in total. The van der Waals surface area contributed by atoms with Crippen LogP contribution in [0.15, 0.2) is 18.3 Å². The fraction of sp³-hybridized carbons (Fsp3) is 0.125. The first kappa shape index (κ1) is 11.5. The Labute approximate surface area is 87.3 Å². The van der Waals surface area contributed by atoms with Crippen LogP contribution in [0.1, 0.15) is 5.56 Å². The van der Waals surface area contributed by atoms with Crippen molar-refractivity contribution >= 4 is 16.0 Å². The third kappa shape index (κ3) is 4.42. The van der Waals surface area contributed by atoms with Gasteiger partial charge in [-0.1, -0.05) is 11.8 Å². The van der Waals surface area contributed by atoms with E-state index in [1.165, 1.54) is 12.3 Å². The standard InChI is InChI=1S/C8H9N3O3S/c9-15(13,14)11-8-6-7(2-1-5-12)3-4-10-8/h3-4,6,12H,5H2,(H,10,11)(H2,9,13,14). The first-order valence-electron chi connectivity index (χ1n) is 3.87. The molecule has 0 aliphatic rings. The number of aliphatic hydroxyl groups is 1. The van der Waals surface area contributed by atoms with Gasteiger partial charge in [0.15, 0.2) is 0 Å². The van der Waals surface area contributed by atoms with Crippen LogP contribution in [0.3, 0.4) is 0 Å². The van der Waals surface area contributed by atoms with Gasteiger partial charge in [-0.05, 0) is 12.1 Å². The van der Waals surface area contributed by atoms with E-state index in [1.54, 1.807) is 6.07 Å². The minimum Gasteiger partial charge on any atom is -0.384 e. The second-order valence-corrected chi connectivity index (χ2v) is 3.83. The topological polar surface area (TPSA) is 105 Å². The first-order valence-corrected chi connectivity index (χ1v) is 5.42. The van der Waals surface area contributed by atoms with Crippen LogP contribution >= 0.6 is 0 Å². The molecular formula is C8H9N3O3S. The molecule has 0 saturated carbocycles. The summed E-state index contributed by atoms with van der Waals surface area (Å²) in [6.45, 7) is -0.264. The lowest BCUT2D eigenvalue weighted by atomic mass is 10.2. The zero-order valence-corrected chi connectivity index (χ0v) is 8.45. The molecule has 1 rings (SSSR count). The van der Waals surface area contributed by atoms with E-state index in [4.69, 9.17) is 10.2 Å². The van der Waals surface area contributed by atoms with Crippen molar-refractivity contribution in [3.05, 3.63) is 23.9 Å². The molecule has 0 spiro atoms. The Hall–Kier alpha value is -1.62. The quantitative estimate of drug-likeness (QED) is 0.566. The van der Waals surface area contributed by atoms with Crippen molar-refractivity contribution in [2.45, 2.75) is 0 Å². The van der Waals surface area contributed by atoms with E-state index in [9.17, 15) is 8.42 Å². The van der Waals surface area contributed by atoms with Crippen molar-refractivity contribution in [1.29, 1.82) is 0 Å². The number of hydrogen-bond donors (Lipinski definition) is 3. The summed E-state index contributed by atoms with van der Waals surface area (Å²) in [5, 5.41) is 13.2. The molecule has 1 heterocycles. The Morgan fingerprint density at radius 3 is 2.93 bits per heavy atom. The summed E-state index contributed by atoms with van der Waals surface area (Å²) in [7, 11) is -3.82. The van der Waals surface area contributed by atoms with E-state index in [0.29, 0.717) is 5.56 Å². The largest absolute Gasteiger partial charge is 0.384 e. The van der Waals surface area contributed by atoms with Gasteiger partial charge in [-0.2, -0.15) is 8.42 Å². The van der Waals surface area contributed by atoms with Gasteiger partial charge in [-0.15, -0.1) is 0 Å². The van der Waals surface area contributed by atoms with Crippen LogP contribution in [0.5, 0.6) is 0 Å². The SMILES string of the molecule is NS(=O)(=O)Nc1cc(C#CCO)ccn1. The van der Waals surface area contributed by atoms with Gasteiger partial charge in [0.05, 0.1) is 0 Å². The molecule has 0 aliphatic heterocycles. The Kier molecular flexibility index (Phi) is 3.62. The van der Waals surface area contributed by atoms with Crippen LogP contribution in [0, 0.1) is 11.8 Å². The summed E-state index contributed by atoms with van der Waals surface area (Å²) in [4.78, 5) is 3.73. The van der Waals surface area contributed by atoms with Gasteiger partial charge in [0.25, 0.3) is 10.2 Å². The van der Waals surface area contributed by atoms with Crippen molar-refractivity contribution in [3.8, 4) is 11.8 Å². The van der Waals surface area contributed by atoms with Crippen LogP contribution < -0.4 is 9.86 Å². The van der Waals surface area contributed by atoms with Gasteiger partial charge < -0.3 is 5.11 Å². The minimum atomic E-state index is -3.82. The molecule has 1 aromatic rings. The van der Waals surface area contributed by atoms with E-state index in [-0.39, 0.29) is 12.4 Å². The minimum absolute atomic E-state index is 0.0854. The van der Waals surface area contributed by atoms with Gasteiger partial charge in [0, 0.05) is 11.8 Å². The number of aromatic nitrogens is 1. The van der Waals surface area contributed by atoms with Crippen LogP contribution in [0.4, 0.5) is 5.82 Å². The number of nitrogens with one attached hydrogen (secondary N) is 1. The average molecular weight is 227 g/mol. The molecule has 0 bridgehead atoms. The summed E-state index contributed by atoms with van der Waals surface area (Å²) in [5.74, 6) is 5.11. The smallest absolute Gasteiger partial charge is 0.297 e. The van der Waals surface area contributed by atoms with E-state index in [1.807, 2.05) is 4.72 Å². The molecule has 0 aromatic carbocycles. The molecule has 7 heteroatoms. The van der Waals surface area contributed by atoms with Gasteiger partial charge in [-0.3, -0.25) is 4.72 Å². The third-order valence-corrected chi connectivity index (χ3v) is 1.81.